The quantitative estimate of drug-likeness (QED) is 0.249. The van der Waals surface area contributed by atoms with E-state index in [4.69, 9.17) is 9.97 Å². The molecule has 1 aromatic carbocycles. The maximum Gasteiger partial charge on any atom is 0.270 e. The lowest BCUT2D eigenvalue weighted by Crippen LogP contribution is -2.53. The predicted octanol–water partition coefficient (Wildman–Crippen LogP) is 4.70. The van der Waals surface area contributed by atoms with Gasteiger partial charge in [0.15, 0.2) is 0 Å². The van der Waals surface area contributed by atoms with E-state index in [1.165, 1.54) is 5.69 Å². The molecule has 13 heteroatoms. The Balaban J connectivity index is 0.839. The first-order valence-electron chi connectivity index (χ1n) is 18.8. The van der Waals surface area contributed by atoms with Crippen LogP contribution in [0.15, 0.2) is 54.9 Å². The van der Waals surface area contributed by atoms with Gasteiger partial charge >= 0.3 is 0 Å². The first-order chi connectivity index (χ1) is 25.3. The number of imide groups is 1. The lowest BCUT2D eigenvalue weighted by atomic mass is 9.90. The van der Waals surface area contributed by atoms with E-state index >= 15 is 0 Å². The number of piperazine rings is 1. The van der Waals surface area contributed by atoms with E-state index in [0.29, 0.717) is 36.3 Å². The normalized spacial score (nSPS) is 20.8. The third-order valence-corrected chi connectivity index (χ3v) is 11.4. The summed E-state index contributed by atoms with van der Waals surface area (Å²) in [5.74, 6) is 0.531. The zero-order chi connectivity index (χ0) is 35.8. The zero-order valence-corrected chi connectivity index (χ0v) is 30.1. The van der Waals surface area contributed by atoms with Crippen LogP contribution in [0.1, 0.15) is 79.4 Å². The van der Waals surface area contributed by atoms with Crippen molar-refractivity contribution < 1.29 is 14.4 Å². The van der Waals surface area contributed by atoms with E-state index in [1.54, 1.807) is 25.2 Å². The smallest absolute Gasteiger partial charge is 0.270 e. The first-order valence-corrected chi connectivity index (χ1v) is 18.8. The maximum absolute atomic E-state index is 13.1. The molecular weight excluding hydrogens is 656 g/mol. The number of amides is 3. The summed E-state index contributed by atoms with van der Waals surface area (Å²) in [5.41, 5.74) is 4.74. The Hall–Kier alpha value is -5.04. The summed E-state index contributed by atoms with van der Waals surface area (Å²) in [5, 5.41) is 6.63. The number of hydrogen-bond donors (Lipinski definition) is 2. The van der Waals surface area contributed by atoms with Gasteiger partial charge < -0.3 is 24.6 Å². The second kappa shape index (κ2) is 14.5. The molecule has 3 saturated heterocycles. The lowest BCUT2D eigenvalue weighted by molar-refractivity contribution is -0.134. The van der Waals surface area contributed by atoms with Crippen molar-refractivity contribution in [3.63, 3.8) is 0 Å². The van der Waals surface area contributed by atoms with Crippen molar-refractivity contribution in [2.75, 3.05) is 68.5 Å². The highest BCUT2D eigenvalue weighted by molar-refractivity contribution is 6.01. The Morgan fingerprint density at radius 1 is 0.808 bits per heavy atom. The summed E-state index contributed by atoms with van der Waals surface area (Å²) in [4.78, 5) is 60.2. The maximum atomic E-state index is 13.1. The van der Waals surface area contributed by atoms with E-state index in [1.807, 2.05) is 30.5 Å². The van der Waals surface area contributed by atoms with Gasteiger partial charge in [0.2, 0.25) is 17.8 Å². The first kappa shape index (κ1) is 34.1. The number of aromatic nitrogens is 4. The molecule has 1 atom stereocenters. The van der Waals surface area contributed by atoms with Crippen LogP contribution in [0.2, 0.25) is 0 Å². The number of benzene rings is 1. The molecule has 1 unspecified atom stereocenters. The molecule has 13 nitrogen and oxygen atoms in total. The Labute approximate surface area is 304 Å². The van der Waals surface area contributed by atoms with Gasteiger partial charge in [-0.3, -0.25) is 24.6 Å². The second-order valence-corrected chi connectivity index (χ2v) is 14.9. The van der Waals surface area contributed by atoms with Crippen molar-refractivity contribution in [3.8, 4) is 0 Å². The van der Waals surface area contributed by atoms with Crippen LogP contribution in [0.5, 0.6) is 0 Å². The van der Waals surface area contributed by atoms with Gasteiger partial charge in [0.1, 0.15) is 17.2 Å². The standard InChI is InChI=1S/C39H48N10O3/c1-45(2)38(52)33-23-27-24-41-39(44-36(27)49(33)30-5-3-4-6-30)42-34-13-11-31(25-40-34)48-21-19-47(20-22-48)29-15-17-46(18-16-29)28-9-7-26(8-10-28)32-12-14-35(50)43-37(32)51/h7-11,13,23-25,29-30,32H,3-6,12,14-22H2,1-2H3,(H,43,50,51)(H,40,41,42,44). The average molecular weight is 705 g/mol. The van der Waals surface area contributed by atoms with Crippen molar-refractivity contribution in [2.45, 2.75) is 69.4 Å². The van der Waals surface area contributed by atoms with Gasteiger partial charge in [-0.2, -0.15) is 4.98 Å². The molecule has 272 valence electrons. The van der Waals surface area contributed by atoms with Gasteiger partial charge in [0, 0.05) is 89.1 Å². The van der Waals surface area contributed by atoms with Crippen molar-refractivity contribution in [1.82, 2.24) is 34.6 Å². The highest BCUT2D eigenvalue weighted by atomic mass is 16.2. The molecule has 6 heterocycles. The van der Waals surface area contributed by atoms with Crippen LogP contribution < -0.4 is 20.4 Å². The minimum atomic E-state index is -0.242. The number of hydrogen-bond acceptors (Lipinski definition) is 10. The third kappa shape index (κ3) is 6.93. The molecule has 4 aromatic rings. The van der Waals surface area contributed by atoms with E-state index in [0.717, 1.165) is 100 Å². The number of piperidine rings is 2. The number of nitrogens with zero attached hydrogens (tertiary/aromatic N) is 8. The van der Waals surface area contributed by atoms with Crippen LogP contribution in [-0.4, -0.2) is 106 Å². The molecule has 0 bridgehead atoms. The van der Waals surface area contributed by atoms with E-state index in [-0.39, 0.29) is 29.7 Å². The van der Waals surface area contributed by atoms with Crippen molar-refractivity contribution >= 4 is 51.9 Å². The minimum absolute atomic E-state index is 0.0180. The molecule has 3 aromatic heterocycles. The van der Waals surface area contributed by atoms with Crippen molar-refractivity contribution in [1.29, 1.82) is 0 Å². The Morgan fingerprint density at radius 3 is 2.19 bits per heavy atom. The van der Waals surface area contributed by atoms with Gasteiger partial charge in [0.05, 0.1) is 17.8 Å². The van der Waals surface area contributed by atoms with Crippen LogP contribution in [0.4, 0.5) is 23.1 Å². The Morgan fingerprint density at radius 2 is 1.52 bits per heavy atom. The Kier molecular flexibility index (Phi) is 9.52. The summed E-state index contributed by atoms with van der Waals surface area (Å²) >= 11 is 0. The molecule has 2 N–H and O–H groups in total. The number of rotatable bonds is 8. The molecule has 4 fully saturated rings. The second-order valence-electron chi connectivity index (χ2n) is 14.9. The highest BCUT2D eigenvalue weighted by Crippen LogP contribution is 2.35. The van der Waals surface area contributed by atoms with E-state index in [2.05, 4.69) is 53.1 Å². The van der Waals surface area contributed by atoms with Gasteiger partial charge in [-0.1, -0.05) is 25.0 Å². The van der Waals surface area contributed by atoms with Gasteiger partial charge in [-0.15, -0.1) is 0 Å². The molecule has 8 rings (SSSR count). The van der Waals surface area contributed by atoms with Crippen molar-refractivity contribution in [3.05, 3.63) is 66.1 Å². The van der Waals surface area contributed by atoms with Gasteiger partial charge in [-0.05, 0) is 68.0 Å². The summed E-state index contributed by atoms with van der Waals surface area (Å²) in [6.45, 7) is 6.00. The number of nitrogens with one attached hydrogen (secondary N) is 2. The summed E-state index contributed by atoms with van der Waals surface area (Å²) < 4.78 is 2.13. The van der Waals surface area contributed by atoms with Crippen LogP contribution >= 0.6 is 0 Å². The fraction of sp³-hybridized carbons (Fsp3) is 0.487. The molecule has 0 radical (unpaired) electrons. The number of carbonyl (C=O) groups excluding carboxylic acids is 3. The monoisotopic (exact) mass is 704 g/mol. The van der Waals surface area contributed by atoms with Crippen LogP contribution in [-0.2, 0) is 9.59 Å². The van der Waals surface area contributed by atoms with Crippen LogP contribution in [0.25, 0.3) is 11.0 Å². The predicted molar refractivity (Wildman–Crippen MR) is 201 cm³/mol. The summed E-state index contributed by atoms with van der Waals surface area (Å²) in [7, 11) is 3.57. The fourth-order valence-corrected chi connectivity index (χ4v) is 8.52. The van der Waals surface area contributed by atoms with Crippen LogP contribution in [0, 0.1) is 0 Å². The number of carbonyl (C=O) groups is 3. The molecule has 1 aliphatic carbocycles. The van der Waals surface area contributed by atoms with E-state index < -0.39 is 0 Å². The van der Waals surface area contributed by atoms with Crippen molar-refractivity contribution in [2.24, 2.45) is 0 Å². The summed E-state index contributed by atoms with van der Waals surface area (Å²) in [6, 6.07) is 15.2. The van der Waals surface area contributed by atoms with Crippen LogP contribution in [0.3, 0.4) is 0 Å². The largest absolute Gasteiger partial charge is 0.371 e. The molecular formula is C39H48N10O3. The molecule has 52 heavy (non-hydrogen) atoms. The van der Waals surface area contributed by atoms with Gasteiger partial charge in [0.25, 0.3) is 5.91 Å². The highest BCUT2D eigenvalue weighted by Gasteiger charge is 2.30. The lowest BCUT2D eigenvalue weighted by Gasteiger charge is -2.43. The van der Waals surface area contributed by atoms with E-state index in [9.17, 15) is 14.4 Å². The molecule has 3 aliphatic heterocycles. The average Bonchev–Trinajstić information content (AvgIpc) is 3.83. The molecule has 1 saturated carbocycles. The molecule has 3 amide bonds. The zero-order valence-electron chi connectivity index (χ0n) is 30.1. The number of anilines is 4. The SMILES string of the molecule is CN(C)C(=O)c1cc2cnc(Nc3ccc(N4CCN(C5CCN(c6ccc(C7CCC(=O)NC7=O)cc6)CC5)CC4)cn3)nc2n1C1CCCC1. The third-order valence-electron chi connectivity index (χ3n) is 11.4. The molecule has 4 aliphatic rings. The topological polar surface area (TPSA) is 132 Å². The fourth-order valence-electron chi connectivity index (χ4n) is 8.52. The number of fused-ring (bicyclic) bond motifs is 1. The minimum Gasteiger partial charge on any atom is -0.371 e. The molecule has 0 spiro atoms. The summed E-state index contributed by atoms with van der Waals surface area (Å²) in [6.07, 6.45) is 11.4. The number of pyridine rings is 1. The van der Waals surface area contributed by atoms with Gasteiger partial charge in [-0.25, -0.2) is 9.97 Å². The Bertz CT molecular complexity index is 1920.